The van der Waals surface area contributed by atoms with E-state index in [-0.39, 0.29) is 5.82 Å². The van der Waals surface area contributed by atoms with Gasteiger partial charge in [-0.1, -0.05) is 0 Å². The van der Waals surface area contributed by atoms with Gasteiger partial charge in [-0.15, -0.1) is 0 Å². The Kier molecular flexibility index (Phi) is 1.57. The normalized spacial score (nSPS) is 10.2. The number of halogens is 2. The highest BCUT2D eigenvalue weighted by molar-refractivity contribution is 9.10. The molecule has 0 aromatic carbocycles. The molecule has 50 valence electrons. The second kappa shape index (κ2) is 2.10. The number of hydrogen-bond donors (Lipinski definition) is 0. The molecule has 1 aromatic rings. The minimum absolute atomic E-state index is 0.280. The van der Waals surface area contributed by atoms with Gasteiger partial charge >= 0.3 is 0 Å². The molecule has 9 heavy (non-hydrogen) atoms. The fraction of sp³-hybridized carbons (Fsp3) is 0.400. The summed E-state index contributed by atoms with van der Waals surface area (Å²) in [4.78, 5) is 0. The minimum Gasteiger partial charge on any atom is -0.258 e. The van der Waals surface area contributed by atoms with Gasteiger partial charge in [-0.3, -0.25) is 4.68 Å². The zero-order chi connectivity index (χ0) is 7.02. The maximum atomic E-state index is 12.6. The zero-order valence-electron chi connectivity index (χ0n) is 5.15. The van der Waals surface area contributed by atoms with Gasteiger partial charge in [-0.05, 0) is 22.9 Å². The lowest BCUT2D eigenvalue weighted by Crippen LogP contribution is -1.89. The molecular formula is C5H6BrFN2. The third-order valence-electron chi connectivity index (χ3n) is 1.08. The molecule has 0 aliphatic rings. The Bertz CT molecular complexity index is 209. The summed E-state index contributed by atoms with van der Waals surface area (Å²) in [7, 11) is 1.68. The first-order valence-electron chi connectivity index (χ1n) is 2.47. The van der Waals surface area contributed by atoms with Gasteiger partial charge < -0.3 is 0 Å². The quantitative estimate of drug-likeness (QED) is 0.612. The van der Waals surface area contributed by atoms with E-state index in [1.54, 1.807) is 14.0 Å². The highest BCUT2D eigenvalue weighted by atomic mass is 79.9. The fourth-order valence-corrected chi connectivity index (χ4v) is 0.970. The first kappa shape index (κ1) is 6.74. The molecule has 1 heterocycles. The lowest BCUT2D eigenvalue weighted by molar-refractivity contribution is 0.608. The Morgan fingerprint density at radius 2 is 2.22 bits per heavy atom. The average Bonchev–Trinajstić information content (AvgIpc) is 1.98. The molecule has 0 aliphatic carbocycles. The second-order valence-corrected chi connectivity index (χ2v) is 2.56. The molecule has 0 N–H and O–H groups in total. The highest BCUT2D eigenvalue weighted by Gasteiger charge is 2.07. The van der Waals surface area contributed by atoms with Crippen LogP contribution in [-0.2, 0) is 7.05 Å². The van der Waals surface area contributed by atoms with E-state index < -0.39 is 0 Å². The summed E-state index contributed by atoms with van der Waals surface area (Å²) in [6.07, 6.45) is 0. The fourth-order valence-electron chi connectivity index (χ4n) is 0.604. The van der Waals surface area contributed by atoms with E-state index in [2.05, 4.69) is 21.0 Å². The van der Waals surface area contributed by atoms with Crippen molar-refractivity contribution in [2.24, 2.45) is 7.05 Å². The molecule has 1 aromatic heterocycles. The largest absolute Gasteiger partial charge is 0.258 e. The van der Waals surface area contributed by atoms with Gasteiger partial charge in [-0.2, -0.15) is 5.10 Å². The van der Waals surface area contributed by atoms with Crippen LogP contribution in [0.4, 0.5) is 4.39 Å². The molecule has 1 rings (SSSR count). The molecular weight excluding hydrogens is 187 g/mol. The lowest BCUT2D eigenvalue weighted by atomic mass is 10.5. The van der Waals surface area contributed by atoms with E-state index >= 15 is 0 Å². The first-order valence-corrected chi connectivity index (χ1v) is 3.27. The molecule has 0 amide bonds. The Morgan fingerprint density at radius 1 is 1.67 bits per heavy atom. The zero-order valence-corrected chi connectivity index (χ0v) is 6.74. The summed E-state index contributed by atoms with van der Waals surface area (Å²) in [5.41, 5.74) is 0.421. The summed E-state index contributed by atoms with van der Waals surface area (Å²) >= 11 is 3.03. The van der Waals surface area contributed by atoms with Crippen LogP contribution in [0.1, 0.15) is 5.69 Å². The van der Waals surface area contributed by atoms with E-state index in [1.807, 2.05) is 0 Å². The first-order chi connectivity index (χ1) is 4.13. The van der Waals surface area contributed by atoms with Crippen molar-refractivity contribution in [3.05, 3.63) is 16.1 Å². The van der Waals surface area contributed by atoms with Crippen LogP contribution < -0.4 is 0 Å². The summed E-state index contributed by atoms with van der Waals surface area (Å²) < 4.78 is 14.5. The predicted octanol–water partition coefficient (Wildman–Crippen LogP) is 1.63. The molecule has 0 atom stereocenters. The molecule has 0 spiro atoms. The molecule has 2 nitrogen and oxygen atoms in total. The van der Waals surface area contributed by atoms with Crippen molar-refractivity contribution < 1.29 is 4.39 Å². The van der Waals surface area contributed by atoms with Crippen molar-refractivity contribution in [1.82, 2.24) is 9.78 Å². The maximum absolute atomic E-state index is 12.6. The molecule has 0 saturated heterocycles. The van der Waals surface area contributed by atoms with Crippen molar-refractivity contribution in [2.45, 2.75) is 6.92 Å². The van der Waals surface area contributed by atoms with Crippen LogP contribution in [0.2, 0.25) is 0 Å². The molecule has 0 unspecified atom stereocenters. The van der Waals surface area contributed by atoms with Crippen LogP contribution in [0.25, 0.3) is 0 Å². The van der Waals surface area contributed by atoms with Crippen molar-refractivity contribution >= 4 is 15.9 Å². The molecule has 0 aliphatic heterocycles. The summed E-state index contributed by atoms with van der Waals surface area (Å²) in [5.74, 6) is -0.280. The molecule has 0 radical (unpaired) electrons. The van der Waals surface area contributed by atoms with E-state index in [0.29, 0.717) is 10.3 Å². The average molecular weight is 193 g/mol. The van der Waals surface area contributed by atoms with Crippen molar-refractivity contribution in [2.75, 3.05) is 0 Å². The van der Waals surface area contributed by atoms with Crippen LogP contribution in [0.3, 0.4) is 0 Å². The number of nitrogens with zero attached hydrogens (tertiary/aromatic N) is 2. The summed E-state index contributed by atoms with van der Waals surface area (Å²) in [6, 6.07) is 0. The summed E-state index contributed by atoms with van der Waals surface area (Å²) in [6.45, 7) is 1.63. The molecule has 4 heteroatoms. The van der Waals surface area contributed by atoms with Crippen molar-refractivity contribution in [1.29, 1.82) is 0 Å². The van der Waals surface area contributed by atoms with Crippen LogP contribution in [-0.4, -0.2) is 9.78 Å². The smallest absolute Gasteiger partial charge is 0.178 e. The van der Waals surface area contributed by atoms with E-state index in [4.69, 9.17) is 0 Å². The van der Waals surface area contributed by atoms with Gasteiger partial charge in [0.1, 0.15) is 4.60 Å². The van der Waals surface area contributed by atoms with Gasteiger partial charge in [-0.25, -0.2) is 4.39 Å². The van der Waals surface area contributed by atoms with E-state index in [9.17, 15) is 4.39 Å². The van der Waals surface area contributed by atoms with Gasteiger partial charge in [0.2, 0.25) is 0 Å². The topological polar surface area (TPSA) is 17.8 Å². The minimum atomic E-state index is -0.280. The van der Waals surface area contributed by atoms with Crippen molar-refractivity contribution in [3.63, 3.8) is 0 Å². The number of aromatic nitrogens is 2. The third-order valence-corrected chi connectivity index (χ3v) is 1.94. The number of aryl methyl sites for hydroxylation is 2. The van der Waals surface area contributed by atoms with Crippen LogP contribution in [0, 0.1) is 12.7 Å². The summed E-state index contributed by atoms with van der Waals surface area (Å²) in [5, 5.41) is 3.80. The predicted molar refractivity (Wildman–Crippen MR) is 35.6 cm³/mol. The van der Waals surface area contributed by atoms with Crippen LogP contribution >= 0.6 is 15.9 Å². The molecule has 0 bridgehead atoms. The van der Waals surface area contributed by atoms with Gasteiger partial charge in [0.05, 0.1) is 5.69 Å². The van der Waals surface area contributed by atoms with E-state index in [1.165, 1.54) is 4.68 Å². The number of rotatable bonds is 0. The maximum Gasteiger partial charge on any atom is 0.178 e. The third kappa shape index (κ3) is 0.986. The van der Waals surface area contributed by atoms with Crippen LogP contribution in [0.15, 0.2) is 4.60 Å². The SMILES string of the molecule is Cc1nn(C)c(Br)c1F. The second-order valence-electron chi connectivity index (χ2n) is 1.81. The monoisotopic (exact) mass is 192 g/mol. The standard InChI is InChI=1S/C5H6BrFN2/c1-3-4(7)5(6)9(2)8-3/h1-2H3. The number of hydrogen-bond acceptors (Lipinski definition) is 1. The Morgan fingerprint density at radius 3 is 2.33 bits per heavy atom. The molecule has 0 fully saturated rings. The van der Waals surface area contributed by atoms with E-state index in [0.717, 1.165) is 0 Å². The molecule has 0 saturated carbocycles. The Hall–Kier alpha value is -0.380. The Labute approximate surface area is 60.8 Å². The Balaban J connectivity index is 3.29. The lowest BCUT2D eigenvalue weighted by Gasteiger charge is -1.86. The van der Waals surface area contributed by atoms with Crippen LogP contribution in [0.5, 0.6) is 0 Å². The van der Waals surface area contributed by atoms with Gasteiger partial charge in [0.15, 0.2) is 5.82 Å². The van der Waals surface area contributed by atoms with Crippen molar-refractivity contribution in [3.8, 4) is 0 Å². The van der Waals surface area contributed by atoms with Gasteiger partial charge in [0.25, 0.3) is 0 Å². The van der Waals surface area contributed by atoms with Gasteiger partial charge in [0, 0.05) is 7.05 Å². The highest BCUT2D eigenvalue weighted by Crippen LogP contribution is 2.15.